The monoisotopic (exact) mass is 258 g/mol. The average Bonchev–Trinajstić information content (AvgIpc) is 2.46. The van der Waals surface area contributed by atoms with Gasteiger partial charge in [0.2, 0.25) is 0 Å². The predicted molar refractivity (Wildman–Crippen MR) is 78.2 cm³/mol. The summed E-state index contributed by atoms with van der Waals surface area (Å²) in [5.41, 5.74) is 2.14. The molecule has 3 heteroatoms. The van der Waals surface area contributed by atoms with E-state index in [0.29, 0.717) is 0 Å². The Bertz CT molecular complexity index is 441. The Morgan fingerprint density at radius 2 is 1.74 bits per heavy atom. The van der Waals surface area contributed by atoms with Gasteiger partial charge in [-0.15, -0.1) is 0 Å². The summed E-state index contributed by atoms with van der Waals surface area (Å²) >= 11 is 0. The second kappa shape index (κ2) is 6.53. The van der Waals surface area contributed by atoms with E-state index >= 15 is 0 Å². The van der Waals surface area contributed by atoms with Crippen molar-refractivity contribution in [2.45, 2.75) is 13.8 Å². The first-order valence-corrected chi connectivity index (χ1v) is 6.87. The predicted octanol–water partition coefficient (Wildman–Crippen LogP) is 2.41. The standard InChI is InChI=1S/C16H22N2O/c1-14(2)8-9-17-10-12-18(13-11-17)16(19)15-6-4-3-5-7-15/h3-8H,9-13H2,1-2H3. The highest BCUT2D eigenvalue weighted by Crippen LogP contribution is 2.08. The van der Waals surface area contributed by atoms with Gasteiger partial charge in [-0.25, -0.2) is 0 Å². The zero-order chi connectivity index (χ0) is 13.7. The number of allylic oxidation sites excluding steroid dienone is 1. The van der Waals surface area contributed by atoms with Crippen molar-refractivity contribution in [3.8, 4) is 0 Å². The number of amides is 1. The average molecular weight is 258 g/mol. The lowest BCUT2D eigenvalue weighted by Crippen LogP contribution is -2.48. The molecule has 0 spiro atoms. The zero-order valence-electron chi connectivity index (χ0n) is 11.8. The van der Waals surface area contributed by atoms with Gasteiger partial charge in [-0.3, -0.25) is 9.69 Å². The molecular weight excluding hydrogens is 236 g/mol. The van der Waals surface area contributed by atoms with Gasteiger partial charge in [-0.1, -0.05) is 29.8 Å². The highest BCUT2D eigenvalue weighted by atomic mass is 16.2. The molecule has 0 unspecified atom stereocenters. The van der Waals surface area contributed by atoms with E-state index in [4.69, 9.17) is 0 Å². The van der Waals surface area contributed by atoms with Crippen LogP contribution in [0.1, 0.15) is 24.2 Å². The molecule has 0 aromatic heterocycles. The van der Waals surface area contributed by atoms with Gasteiger partial charge in [-0.2, -0.15) is 0 Å². The Morgan fingerprint density at radius 1 is 1.11 bits per heavy atom. The first-order chi connectivity index (χ1) is 9.16. The van der Waals surface area contributed by atoms with Crippen molar-refractivity contribution in [3.05, 3.63) is 47.5 Å². The second-order valence-corrected chi connectivity index (χ2v) is 5.24. The minimum Gasteiger partial charge on any atom is -0.336 e. The molecule has 0 atom stereocenters. The van der Waals surface area contributed by atoms with Gasteiger partial charge in [0.25, 0.3) is 5.91 Å². The first kappa shape index (κ1) is 13.8. The Morgan fingerprint density at radius 3 is 2.32 bits per heavy atom. The van der Waals surface area contributed by atoms with Crippen LogP contribution in [0.25, 0.3) is 0 Å². The van der Waals surface area contributed by atoms with Crippen LogP contribution in [0.5, 0.6) is 0 Å². The fraction of sp³-hybridized carbons (Fsp3) is 0.438. The number of hydrogen-bond acceptors (Lipinski definition) is 2. The molecule has 0 aliphatic carbocycles. The number of nitrogens with zero attached hydrogens (tertiary/aromatic N) is 2. The summed E-state index contributed by atoms with van der Waals surface area (Å²) in [5, 5.41) is 0. The van der Waals surface area contributed by atoms with Crippen LogP contribution in [0.15, 0.2) is 42.0 Å². The van der Waals surface area contributed by atoms with Crippen molar-refractivity contribution in [1.29, 1.82) is 0 Å². The summed E-state index contributed by atoms with van der Waals surface area (Å²) in [4.78, 5) is 16.6. The summed E-state index contributed by atoms with van der Waals surface area (Å²) < 4.78 is 0. The second-order valence-electron chi connectivity index (χ2n) is 5.24. The Hall–Kier alpha value is -1.61. The lowest BCUT2D eigenvalue weighted by atomic mass is 10.2. The molecule has 1 aliphatic rings. The lowest BCUT2D eigenvalue weighted by molar-refractivity contribution is 0.0650. The molecule has 1 heterocycles. The van der Waals surface area contributed by atoms with E-state index in [9.17, 15) is 4.79 Å². The Labute approximate surface area is 115 Å². The topological polar surface area (TPSA) is 23.6 Å². The van der Waals surface area contributed by atoms with Gasteiger partial charge in [0, 0.05) is 38.3 Å². The van der Waals surface area contributed by atoms with Crippen LogP contribution >= 0.6 is 0 Å². The molecule has 2 rings (SSSR count). The van der Waals surface area contributed by atoms with Crippen LogP contribution in [0, 0.1) is 0 Å². The van der Waals surface area contributed by atoms with Gasteiger partial charge in [0.15, 0.2) is 0 Å². The molecule has 1 saturated heterocycles. The van der Waals surface area contributed by atoms with E-state index in [1.165, 1.54) is 5.57 Å². The van der Waals surface area contributed by atoms with E-state index in [-0.39, 0.29) is 5.91 Å². The molecule has 1 amide bonds. The van der Waals surface area contributed by atoms with Crippen LogP contribution in [-0.2, 0) is 0 Å². The molecule has 1 fully saturated rings. The van der Waals surface area contributed by atoms with Crippen molar-refractivity contribution in [2.75, 3.05) is 32.7 Å². The molecular formula is C16H22N2O. The molecule has 0 radical (unpaired) electrons. The van der Waals surface area contributed by atoms with Crippen molar-refractivity contribution in [1.82, 2.24) is 9.80 Å². The molecule has 19 heavy (non-hydrogen) atoms. The van der Waals surface area contributed by atoms with Gasteiger partial charge in [0.05, 0.1) is 0 Å². The normalized spacial score (nSPS) is 16.2. The van der Waals surface area contributed by atoms with E-state index < -0.39 is 0 Å². The van der Waals surface area contributed by atoms with Gasteiger partial charge < -0.3 is 4.90 Å². The van der Waals surface area contributed by atoms with Crippen molar-refractivity contribution >= 4 is 5.91 Å². The van der Waals surface area contributed by atoms with Crippen molar-refractivity contribution in [2.24, 2.45) is 0 Å². The maximum absolute atomic E-state index is 12.3. The number of benzene rings is 1. The molecule has 1 aliphatic heterocycles. The minimum atomic E-state index is 0.155. The number of piperazine rings is 1. The van der Waals surface area contributed by atoms with Crippen LogP contribution < -0.4 is 0 Å². The third-order valence-electron chi connectivity index (χ3n) is 3.44. The highest BCUT2D eigenvalue weighted by molar-refractivity contribution is 5.94. The Kier molecular flexibility index (Phi) is 4.74. The van der Waals surface area contributed by atoms with Gasteiger partial charge in [-0.05, 0) is 26.0 Å². The molecule has 0 bridgehead atoms. The fourth-order valence-corrected chi connectivity index (χ4v) is 2.21. The van der Waals surface area contributed by atoms with Crippen LogP contribution in [0.2, 0.25) is 0 Å². The molecule has 1 aromatic carbocycles. The summed E-state index contributed by atoms with van der Waals surface area (Å²) in [6, 6.07) is 9.54. The molecule has 3 nitrogen and oxygen atoms in total. The minimum absolute atomic E-state index is 0.155. The van der Waals surface area contributed by atoms with Crippen LogP contribution in [0.4, 0.5) is 0 Å². The number of carbonyl (C=O) groups is 1. The SMILES string of the molecule is CC(C)=CCN1CCN(C(=O)c2ccccc2)CC1. The number of rotatable bonds is 3. The zero-order valence-corrected chi connectivity index (χ0v) is 11.8. The third-order valence-corrected chi connectivity index (χ3v) is 3.44. The van der Waals surface area contributed by atoms with E-state index in [0.717, 1.165) is 38.3 Å². The third kappa shape index (κ3) is 3.93. The largest absolute Gasteiger partial charge is 0.336 e. The van der Waals surface area contributed by atoms with Gasteiger partial charge in [0.1, 0.15) is 0 Å². The molecule has 0 saturated carbocycles. The van der Waals surface area contributed by atoms with Crippen LogP contribution in [-0.4, -0.2) is 48.4 Å². The van der Waals surface area contributed by atoms with Crippen molar-refractivity contribution < 1.29 is 4.79 Å². The van der Waals surface area contributed by atoms with E-state index in [2.05, 4.69) is 24.8 Å². The maximum Gasteiger partial charge on any atom is 0.253 e. The van der Waals surface area contributed by atoms with E-state index in [1.54, 1.807) is 0 Å². The first-order valence-electron chi connectivity index (χ1n) is 6.87. The maximum atomic E-state index is 12.3. The van der Waals surface area contributed by atoms with Gasteiger partial charge >= 0.3 is 0 Å². The summed E-state index contributed by atoms with van der Waals surface area (Å²) in [6.45, 7) is 8.80. The molecule has 102 valence electrons. The highest BCUT2D eigenvalue weighted by Gasteiger charge is 2.21. The quantitative estimate of drug-likeness (QED) is 0.777. The lowest BCUT2D eigenvalue weighted by Gasteiger charge is -2.34. The smallest absolute Gasteiger partial charge is 0.253 e. The number of hydrogen-bond donors (Lipinski definition) is 0. The van der Waals surface area contributed by atoms with Crippen LogP contribution in [0.3, 0.4) is 0 Å². The Balaban J connectivity index is 1.86. The number of carbonyl (C=O) groups excluding carboxylic acids is 1. The van der Waals surface area contributed by atoms with E-state index in [1.807, 2.05) is 35.2 Å². The molecule has 0 N–H and O–H groups in total. The summed E-state index contributed by atoms with van der Waals surface area (Å²) in [7, 11) is 0. The van der Waals surface area contributed by atoms with Crippen molar-refractivity contribution in [3.63, 3.8) is 0 Å². The molecule has 1 aromatic rings. The fourth-order valence-electron chi connectivity index (χ4n) is 2.21. The summed E-state index contributed by atoms with van der Waals surface area (Å²) in [5.74, 6) is 0.155. The summed E-state index contributed by atoms with van der Waals surface area (Å²) in [6.07, 6.45) is 2.24.